The van der Waals surface area contributed by atoms with E-state index in [1.807, 2.05) is 0 Å². The molecule has 0 saturated heterocycles. The van der Waals surface area contributed by atoms with E-state index in [9.17, 15) is 0 Å². The number of hydrogen-bond donors (Lipinski definition) is 1. The van der Waals surface area contributed by atoms with Crippen molar-refractivity contribution in [1.29, 1.82) is 0 Å². The van der Waals surface area contributed by atoms with Crippen molar-refractivity contribution in [2.24, 2.45) is 29.4 Å². The summed E-state index contributed by atoms with van der Waals surface area (Å²) in [6.45, 7) is 4.19. The van der Waals surface area contributed by atoms with E-state index in [-0.39, 0.29) is 23.9 Å². The first-order chi connectivity index (χ1) is 9.56. The summed E-state index contributed by atoms with van der Waals surface area (Å²) < 4.78 is 5.49. The Balaban J connectivity index is 0.00000132. The summed E-state index contributed by atoms with van der Waals surface area (Å²) in [5.74, 6) is 4.64. The minimum Gasteiger partial charge on any atom is -0.338 e. The Labute approximate surface area is 132 Å². The van der Waals surface area contributed by atoms with Gasteiger partial charge >= 0.3 is 0 Å². The predicted octanol–water partition coefficient (Wildman–Crippen LogP) is 3.62. The number of nitrogens with two attached hydrogens (primary N) is 1. The SMILES string of the molecule is CC(C)[C@@H](N)c1nc(C23CC4CC(CC(C4)C2)C3)no1.Cl. The van der Waals surface area contributed by atoms with Crippen molar-refractivity contribution in [2.75, 3.05) is 0 Å². The maximum absolute atomic E-state index is 6.15. The zero-order chi connectivity index (χ0) is 13.9. The van der Waals surface area contributed by atoms with Crippen molar-refractivity contribution >= 4 is 12.4 Å². The van der Waals surface area contributed by atoms with Gasteiger partial charge in [-0.15, -0.1) is 12.4 Å². The Kier molecular flexibility index (Phi) is 3.81. The highest BCUT2D eigenvalue weighted by atomic mass is 35.5. The van der Waals surface area contributed by atoms with Gasteiger partial charge in [-0.05, 0) is 62.2 Å². The molecule has 4 bridgehead atoms. The third kappa shape index (κ3) is 2.40. The lowest BCUT2D eigenvalue weighted by Gasteiger charge is -2.55. The lowest BCUT2D eigenvalue weighted by atomic mass is 9.49. The van der Waals surface area contributed by atoms with Crippen LogP contribution in [0.2, 0.25) is 0 Å². The predicted molar refractivity (Wildman–Crippen MR) is 83.2 cm³/mol. The molecule has 0 spiro atoms. The minimum atomic E-state index is -0.134. The van der Waals surface area contributed by atoms with E-state index in [2.05, 4.69) is 19.0 Å². The highest BCUT2D eigenvalue weighted by Crippen LogP contribution is 2.60. The molecule has 4 saturated carbocycles. The molecular formula is C16H26ClN3O. The topological polar surface area (TPSA) is 64.9 Å². The monoisotopic (exact) mass is 311 g/mol. The van der Waals surface area contributed by atoms with Crippen LogP contribution in [-0.2, 0) is 5.41 Å². The quantitative estimate of drug-likeness (QED) is 0.926. The highest BCUT2D eigenvalue weighted by molar-refractivity contribution is 5.85. The van der Waals surface area contributed by atoms with Gasteiger partial charge in [0, 0.05) is 5.41 Å². The highest BCUT2D eigenvalue weighted by Gasteiger charge is 2.53. The van der Waals surface area contributed by atoms with Crippen molar-refractivity contribution in [3.8, 4) is 0 Å². The molecule has 21 heavy (non-hydrogen) atoms. The van der Waals surface area contributed by atoms with Gasteiger partial charge in [0.2, 0.25) is 5.89 Å². The van der Waals surface area contributed by atoms with Crippen molar-refractivity contribution in [1.82, 2.24) is 10.1 Å². The van der Waals surface area contributed by atoms with Crippen molar-refractivity contribution in [3.05, 3.63) is 11.7 Å². The normalized spacial score (nSPS) is 38.6. The van der Waals surface area contributed by atoms with Crippen LogP contribution in [0.25, 0.3) is 0 Å². The third-order valence-electron chi connectivity index (χ3n) is 5.96. The average molecular weight is 312 g/mol. The van der Waals surface area contributed by atoms with Crippen LogP contribution >= 0.6 is 12.4 Å². The van der Waals surface area contributed by atoms with E-state index in [0.29, 0.717) is 11.8 Å². The summed E-state index contributed by atoms with van der Waals surface area (Å²) in [5, 5.41) is 4.34. The molecule has 2 N–H and O–H groups in total. The molecule has 1 atom stereocenters. The number of aromatic nitrogens is 2. The third-order valence-corrected chi connectivity index (χ3v) is 5.96. The molecule has 4 fully saturated rings. The zero-order valence-corrected chi connectivity index (χ0v) is 13.7. The summed E-state index contributed by atoms with van der Waals surface area (Å²) in [4.78, 5) is 4.72. The number of nitrogens with zero attached hydrogens (tertiary/aromatic N) is 2. The van der Waals surface area contributed by atoms with Gasteiger partial charge in [-0.25, -0.2) is 0 Å². The Bertz CT molecular complexity index is 478. The molecule has 4 aliphatic carbocycles. The standard InChI is InChI=1S/C16H25N3O.ClH/c1-9(2)13(17)14-18-15(19-20-14)16-6-10-3-11(7-16)5-12(4-10)8-16;/h9-13H,3-8,17H2,1-2H3;1H/t10?,11?,12?,13-,16?;/m1./s1. The largest absolute Gasteiger partial charge is 0.338 e. The van der Waals surface area contributed by atoms with Crippen molar-refractivity contribution < 1.29 is 4.52 Å². The summed E-state index contributed by atoms with van der Waals surface area (Å²) in [7, 11) is 0. The van der Waals surface area contributed by atoms with Crippen LogP contribution in [0.5, 0.6) is 0 Å². The van der Waals surface area contributed by atoms with Crippen LogP contribution in [0.4, 0.5) is 0 Å². The maximum atomic E-state index is 6.15. The van der Waals surface area contributed by atoms with Gasteiger partial charge in [0.25, 0.3) is 0 Å². The van der Waals surface area contributed by atoms with Crippen LogP contribution in [0, 0.1) is 23.7 Å². The zero-order valence-electron chi connectivity index (χ0n) is 12.9. The van der Waals surface area contributed by atoms with E-state index < -0.39 is 0 Å². The summed E-state index contributed by atoms with van der Waals surface area (Å²) >= 11 is 0. The summed E-state index contributed by atoms with van der Waals surface area (Å²) in [6, 6.07) is -0.134. The molecule has 1 heterocycles. The molecule has 4 nitrogen and oxygen atoms in total. The molecule has 4 aliphatic rings. The molecule has 0 unspecified atom stereocenters. The average Bonchev–Trinajstić information content (AvgIpc) is 2.86. The van der Waals surface area contributed by atoms with E-state index in [0.717, 1.165) is 23.6 Å². The first kappa shape index (κ1) is 15.3. The number of halogens is 1. The lowest BCUT2D eigenvalue weighted by molar-refractivity contribution is -0.0103. The van der Waals surface area contributed by atoms with Crippen molar-refractivity contribution in [3.63, 3.8) is 0 Å². The molecule has 0 aromatic carbocycles. The smallest absolute Gasteiger partial charge is 0.243 e. The van der Waals surface area contributed by atoms with E-state index >= 15 is 0 Å². The van der Waals surface area contributed by atoms with Gasteiger partial charge in [0.15, 0.2) is 5.82 Å². The Morgan fingerprint density at radius 1 is 1.10 bits per heavy atom. The van der Waals surface area contributed by atoms with Crippen molar-refractivity contribution in [2.45, 2.75) is 63.8 Å². The fourth-order valence-corrected chi connectivity index (χ4v) is 5.26. The molecule has 5 rings (SSSR count). The Morgan fingerprint density at radius 3 is 2.10 bits per heavy atom. The number of hydrogen-bond acceptors (Lipinski definition) is 4. The minimum absolute atomic E-state index is 0. The molecule has 5 heteroatoms. The number of rotatable bonds is 3. The maximum Gasteiger partial charge on any atom is 0.243 e. The Morgan fingerprint density at radius 2 is 1.62 bits per heavy atom. The fraction of sp³-hybridized carbons (Fsp3) is 0.875. The van der Waals surface area contributed by atoms with Crippen LogP contribution in [0.3, 0.4) is 0 Å². The molecule has 0 aliphatic heterocycles. The van der Waals surface area contributed by atoms with E-state index in [4.69, 9.17) is 15.2 Å². The second kappa shape index (κ2) is 5.24. The summed E-state index contributed by atoms with van der Waals surface area (Å²) in [6.07, 6.45) is 8.14. The van der Waals surface area contributed by atoms with Gasteiger partial charge in [-0.3, -0.25) is 0 Å². The van der Waals surface area contributed by atoms with Crippen LogP contribution in [-0.4, -0.2) is 10.1 Å². The molecule has 1 aromatic heterocycles. The molecule has 1 aromatic rings. The molecule has 0 radical (unpaired) electrons. The second-order valence-electron chi connectivity index (χ2n) is 7.92. The molecule has 118 valence electrons. The van der Waals surface area contributed by atoms with Gasteiger partial charge in [0.1, 0.15) is 0 Å². The molecular weight excluding hydrogens is 286 g/mol. The first-order valence-corrected chi connectivity index (χ1v) is 8.15. The van der Waals surface area contributed by atoms with Crippen LogP contribution in [0.15, 0.2) is 4.52 Å². The van der Waals surface area contributed by atoms with E-state index in [1.54, 1.807) is 0 Å². The molecule has 0 amide bonds. The Hall–Kier alpha value is -0.610. The lowest BCUT2D eigenvalue weighted by Crippen LogP contribution is -2.49. The summed E-state index contributed by atoms with van der Waals surface area (Å²) in [5.41, 5.74) is 6.36. The van der Waals surface area contributed by atoms with Gasteiger partial charge in [-0.1, -0.05) is 19.0 Å². The van der Waals surface area contributed by atoms with Crippen LogP contribution < -0.4 is 5.73 Å². The van der Waals surface area contributed by atoms with Gasteiger partial charge < -0.3 is 10.3 Å². The van der Waals surface area contributed by atoms with Gasteiger partial charge in [-0.2, -0.15) is 4.98 Å². The van der Waals surface area contributed by atoms with Gasteiger partial charge in [0.05, 0.1) is 6.04 Å². The second-order valence-corrected chi connectivity index (χ2v) is 7.92. The van der Waals surface area contributed by atoms with Crippen LogP contribution in [0.1, 0.15) is 70.1 Å². The van der Waals surface area contributed by atoms with E-state index in [1.165, 1.54) is 38.5 Å². The first-order valence-electron chi connectivity index (χ1n) is 8.15. The fourth-order valence-electron chi connectivity index (χ4n) is 5.26.